The van der Waals surface area contributed by atoms with Crippen LogP contribution in [0.1, 0.15) is 38.8 Å². The van der Waals surface area contributed by atoms with Crippen LogP contribution in [0.15, 0.2) is 42.0 Å². The van der Waals surface area contributed by atoms with Gasteiger partial charge in [0.2, 0.25) is 5.91 Å². The molecule has 0 saturated carbocycles. The molecule has 0 spiro atoms. The summed E-state index contributed by atoms with van der Waals surface area (Å²) in [7, 11) is 1.72. The van der Waals surface area contributed by atoms with E-state index in [2.05, 4.69) is 0 Å². The molecule has 0 aliphatic carbocycles. The van der Waals surface area contributed by atoms with Gasteiger partial charge in [-0.05, 0) is 32.8 Å². The molecule has 1 aromatic rings. The van der Waals surface area contributed by atoms with Gasteiger partial charge in [-0.3, -0.25) is 9.69 Å². The summed E-state index contributed by atoms with van der Waals surface area (Å²) in [5.41, 5.74) is 8.08. The molecule has 23 heavy (non-hydrogen) atoms. The Labute approximate surface area is 137 Å². The van der Waals surface area contributed by atoms with Crippen LogP contribution in [0.3, 0.4) is 0 Å². The molecule has 1 saturated heterocycles. The van der Waals surface area contributed by atoms with Crippen molar-refractivity contribution in [1.29, 1.82) is 0 Å². The molecule has 5 heteroatoms. The van der Waals surface area contributed by atoms with Gasteiger partial charge >= 0.3 is 6.03 Å². The number of imide groups is 1. The van der Waals surface area contributed by atoms with E-state index in [4.69, 9.17) is 5.73 Å². The highest BCUT2D eigenvalue weighted by Gasteiger charge is 2.46. The van der Waals surface area contributed by atoms with Crippen molar-refractivity contribution in [2.45, 2.75) is 45.3 Å². The van der Waals surface area contributed by atoms with Crippen molar-refractivity contribution in [2.75, 3.05) is 7.05 Å². The second-order valence-electron chi connectivity index (χ2n) is 6.32. The number of urea groups is 1. The molecule has 2 N–H and O–H groups in total. The van der Waals surface area contributed by atoms with Crippen molar-refractivity contribution < 1.29 is 9.59 Å². The quantitative estimate of drug-likeness (QED) is 0.869. The lowest BCUT2D eigenvalue weighted by atomic mass is 9.99. The minimum atomic E-state index is -0.709. The van der Waals surface area contributed by atoms with Gasteiger partial charge in [-0.1, -0.05) is 42.0 Å². The molecule has 1 heterocycles. The molecule has 1 aliphatic heterocycles. The van der Waals surface area contributed by atoms with E-state index in [1.807, 2.05) is 57.2 Å². The molecule has 5 nitrogen and oxygen atoms in total. The van der Waals surface area contributed by atoms with E-state index in [0.29, 0.717) is 6.42 Å². The summed E-state index contributed by atoms with van der Waals surface area (Å²) in [4.78, 5) is 28.2. The summed E-state index contributed by atoms with van der Waals surface area (Å²) in [6.07, 6.45) is 2.36. The van der Waals surface area contributed by atoms with Gasteiger partial charge in [0.25, 0.3) is 0 Å². The molecule has 1 aliphatic rings. The van der Waals surface area contributed by atoms with Crippen molar-refractivity contribution in [3.63, 3.8) is 0 Å². The van der Waals surface area contributed by atoms with Crippen molar-refractivity contribution >= 4 is 11.9 Å². The van der Waals surface area contributed by atoms with Gasteiger partial charge in [0.1, 0.15) is 0 Å². The maximum Gasteiger partial charge on any atom is 0.327 e. The fraction of sp³-hybridized carbons (Fsp3) is 0.444. The van der Waals surface area contributed by atoms with Gasteiger partial charge < -0.3 is 10.6 Å². The average molecular weight is 315 g/mol. The molecule has 0 radical (unpaired) electrons. The van der Waals surface area contributed by atoms with E-state index in [9.17, 15) is 9.59 Å². The van der Waals surface area contributed by atoms with Gasteiger partial charge in [-0.25, -0.2) is 4.79 Å². The standard InChI is InChI=1S/C18H25N3O2/c1-12(2)10-11-15(19)17(22)21-16(13(3)20(4)18(21)23)14-8-6-5-7-9-14/h5-10,13,15-16H,11,19H2,1-4H3/t13-,15-,16-/m0/s1. The summed E-state index contributed by atoms with van der Waals surface area (Å²) < 4.78 is 0. The largest absolute Gasteiger partial charge is 0.327 e. The number of nitrogens with two attached hydrogens (primary N) is 1. The van der Waals surface area contributed by atoms with Crippen LogP contribution in [0.5, 0.6) is 0 Å². The van der Waals surface area contributed by atoms with Crippen molar-refractivity contribution in [3.05, 3.63) is 47.5 Å². The van der Waals surface area contributed by atoms with Crippen LogP contribution in [-0.2, 0) is 4.79 Å². The number of benzene rings is 1. The van der Waals surface area contributed by atoms with Crippen molar-refractivity contribution in [1.82, 2.24) is 9.80 Å². The zero-order valence-corrected chi connectivity index (χ0v) is 14.2. The first kappa shape index (κ1) is 17.2. The molecule has 1 aromatic carbocycles. The van der Waals surface area contributed by atoms with Crippen LogP contribution in [-0.4, -0.2) is 40.9 Å². The summed E-state index contributed by atoms with van der Waals surface area (Å²) >= 11 is 0. The highest BCUT2D eigenvalue weighted by atomic mass is 16.2. The van der Waals surface area contributed by atoms with Crippen LogP contribution in [0, 0.1) is 0 Å². The van der Waals surface area contributed by atoms with Crippen LogP contribution in [0.25, 0.3) is 0 Å². The predicted octanol–water partition coefficient (Wildman–Crippen LogP) is 2.69. The van der Waals surface area contributed by atoms with Crippen LogP contribution >= 0.6 is 0 Å². The number of rotatable bonds is 4. The van der Waals surface area contributed by atoms with Crippen LogP contribution in [0.2, 0.25) is 0 Å². The second kappa shape index (κ2) is 6.96. The van der Waals surface area contributed by atoms with Gasteiger partial charge in [-0.2, -0.15) is 0 Å². The second-order valence-corrected chi connectivity index (χ2v) is 6.32. The Morgan fingerprint density at radius 2 is 1.91 bits per heavy atom. The molecule has 0 unspecified atom stereocenters. The number of nitrogens with zero attached hydrogens (tertiary/aromatic N) is 2. The first-order valence-corrected chi connectivity index (χ1v) is 7.88. The van der Waals surface area contributed by atoms with Gasteiger partial charge in [-0.15, -0.1) is 0 Å². The van der Waals surface area contributed by atoms with E-state index in [1.54, 1.807) is 11.9 Å². The lowest BCUT2D eigenvalue weighted by Gasteiger charge is -2.26. The Bertz CT molecular complexity index is 608. The van der Waals surface area contributed by atoms with E-state index in [-0.39, 0.29) is 24.0 Å². The SMILES string of the molecule is CC(C)=CC[C@H](N)C(=O)N1C(=O)N(C)[C@@H](C)[C@H]1c1ccccc1. The zero-order valence-electron chi connectivity index (χ0n) is 14.2. The molecule has 3 atom stereocenters. The number of amides is 3. The maximum atomic E-state index is 12.8. The fourth-order valence-corrected chi connectivity index (χ4v) is 2.84. The lowest BCUT2D eigenvalue weighted by molar-refractivity contribution is -0.130. The smallest absolute Gasteiger partial charge is 0.322 e. The topological polar surface area (TPSA) is 66.6 Å². The summed E-state index contributed by atoms with van der Waals surface area (Å²) in [6, 6.07) is 8.23. The molecule has 0 bridgehead atoms. The summed E-state index contributed by atoms with van der Waals surface area (Å²) in [5, 5.41) is 0. The Morgan fingerprint density at radius 3 is 2.48 bits per heavy atom. The van der Waals surface area contributed by atoms with Crippen molar-refractivity contribution in [3.8, 4) is 0 Å². The number of hydrogen-bond acceptors (Lipinski definition) is 3. The van der Waals surface area contributed by atoms with Gasteiger partial charge in [0.05, 0.1) is 18.1 Å². The molecule has 1 fully saturated rings. The molecule has 0 aromatic heterocycles. The Hall–Kier alpha value is -2.14. The van der Waals surface area contributed by atoms with Crippen LogP contribution in [0.4, 0.5) is 4.79 Å². The first-order valence-electron chi connectivity index (χ1n) is 7.88. The Kier molecular flexibility index (Phi) is 5.21. The first-order chi connectivity index (χ1) is 10.8. The van der Waals surface area contributed by atoms with Gasteiger partial charge in [0.15, 0.2) is 0 Å². The molecular weight excluding hydrogens is 290 g/mol. The normalized spacial score (nSPS) is 22.2. The number of allylic oxidation sites excluding steroid dienone is 1. The zero-order chi connectivity index (χ0) is 17.1. The van der Waals surface area contributed by atoms with Crippen molar-refractivity contribution in [2.24, 2.45) is 5.73 Å². The van der Waals surface area contributed by atoms with Gasteiger partial charge in [0, 0.05) is 7.05 Å². The summed E-state index contributed by atoms with van der Waals surface area (Å²) in [5.74, 6) is -0.322. The predicted molar refractivity (Wildman–Crippen MR) is 90.7 cm³/mol. The molecule has 3 amide bonds. The maximum absolute atomic E-state index is 12.8. The third-order valence-corrected chi connectivity index (χ3v) is 4.33. The average Bonchev–Trinajstić information content (AvgIpc) is 2.76. The number of carbonyl (C=O) groups excluding carboxylic acids is 2. The number of hydrogen-bond donors (Lipinski definition) is 1. The molecule has 124 valence electrons. The third kappa shape index (κ3) is 3.45. The van der Waals surface area contributed by atoms with E-state index in [1.165, 1.54) is 4.90 Å². The Balaban J connectivity index is 2.31. The highest BCUT2D eigenvalue weighted by Crippen LogP contribution is 2.34. The monoisotopic (exact) mass is 315 g/mol. The number of likely N-dealkylation sites (N-methyl/N-ethyl adjacent to an activating group) is 1. The minimum Gasteiger partial charge on any atom is -0.322 e. The van der Waals surface area contributed by atoms with E-state index < -0.39 is 6.04 Å². The van der Waals surface area contributed by atoms with E-state index in [0.717, 1.165) is 11.1 Å². The minimum absolute atomic E-state index is 0.0931. The fourth-order valence-electron chi connectivity index (χ4n) is 2.84. The summed E-state index contributed by atoms with van der Waals surface area (Å²) in [6.45, 7) is 5.87. The highest BCUT2D eigenvalue weighted by molar-refractivity contribution is 5.99. The molecule has 2 rings (SSSR count). The molecular formula is C18H25N3O2. The Morgan fingerprint density at radius 1 is 1.30 bits per heavy atom. The number of carbonyl (C=O) groups is 2. The third-order valence-electron chi connectivity index (χ3n) is 4.33. The van der Waals surface area contributed by atoms with E-state index >= 15 is 0 Å². The van der Waals surface area contributed by atoms with Crippen LogP contribution < -0.4 is 5.73 Å². The lowest BCUT2D eigenvalue weighted by Crippen LogP contribution is -2.46.